The first kappa shape index (κ1) is 13.2. The van der Waals surface area contributed by atoms with E-state index in [9.17, 15) is 4.79 Å². The van der Waals surface area contributed by atoms with E-state index in [0.717, 1.165) is 6.54 Å². The van der Waals surface area contributed by atoms with Crippen LogP contribution in [-0.4, -0.2) is 36.6 Å². The topological polar surface area (TPSA) is 29.5 Å². The van der Waals surface area contributed by atoms with Crippen molar-refractivity contribution >= 4 is 5.97 Å². The lowest BCUT2D eigenvalue weighted by atomic mass is 10.1. The molecule has 92 valence electrons. The van der Waals surface area contributed by atoms with Gasteiger partial charge in [-0.1, -0.05) is 19.4 Å². The lowest BCUT2D eigenvalue weighted by Gasteiger charge is -2.27. The van der Waals surface area contributed by atoms with Crippen LogP contribution in [0.5, 0.6) is 0 Å². The SMILES string of the molecule is C=C(CN1CCCCCC1C)C(=O)OCC. The van der Waals surface area contributed by atoms with Crippen LogP contribution in [-0.2, 0) is 9.53 Å². The largest absolute Gasteiger partial charge is 0.463 e. The van der Waals surface area contributed by atoms with E-state index in [2.05, 4.69) is 18.4 Å². The standard InChI is InChI=1S/C13H23NO2/c1-4-16-13(15)11(2)10-14-9-7-5-6-8-12(14)3/h12H,2,4-10H2,1,3H3. The average molecular weight is 225 g/mol. The van der Waals surface area contributed by atoms with Gasteiger partial charge in [-0.25, -0.2) is 4.79 Å². The Kier molecular flexibility index (Phi) is 5.53. The number of nitrogens with zero attached hydrogens (tertiary/aromatic N) is 1. The second-order valence-electron chi connectivity index (χ2n) is 4.49. The molecule has 0 spiro atoms. The predicted octanol–water partition coefficient (Wildman–Crippen LogP) is 2.37. The molecule has 0 bridgehead atoms. The fourth-order valence-corrected chi connectivity index (χ4v) is 2.11. The monoisotopic (exact) mass is 225 g/mol. The second-order valence-corrected chi connectivity index (χ2v) is 4.49. The molecule has 1 saturated heterocycles. The van der Waals surface area contributed by atoms with Crippen molar-refractivity contribution in [3.05, 3.63) is 12.2 Å². The molecule has 3 nitrogen and oxygen atoms in total. The number of carbonyl (C=O) groups excluding carboxylic acids is 1. The van der Waals surface area contributed by atoms with Crippen molar-refractivity contribution < 1.29 is 9.53 Å². The summed E-state index contributed by atoms with van der Waals surface area (Å²) in [5.41, 5.74) is 0.579. The highest BCUT2D eigenvalue weighted by molar-refractivity contribution is 5.88. The van der Waals surface area contributed by atoms with Crippen molar-refractivity contribution in [3.63, 3.8) is 0 Å². The van der Waals surface area contributed by atoms with Gasteiger partial charge in [0.2, 0.25) is 0 Å². The van der Waals surface area contributed by atoms with Gasteiger partial charge >= 0.3 is 5.97 Å². The molecule has 1 unspecified atom stereocenters. The summed E-state index contributed by atoms with van der Waals surface area (Å²) in [4.78, 5) is 13.8. The normalized spacial score (nSPS) is 22.5. The van der Waals surface area contributed by atoms with Gasteiger partial charge in [-0.2, -0.15) is 0 Å². The molecule has 1 aliphatic rings. The summed E-state index contributed by atoms with van der Waals surface area (Å²) in [6.07, 6.45) is 5.03. The third kappa shape index (κ3) is 3.97. The molecule has 16 heavy (non-hydrogen) atoms. The van der Waals surface area contributed by atoms with Gasteiger partial charge in [-0.3, -0.25) is 4.90 Å². The van der Waals surface area contributed by atoms with Gasteiger partial charge in [0.1, 0.15) is 0 Å². The molecule has 0 aromatic carbocycles. The number of esters is 1. The van der Waals surface area contributed by atoms with Gasteiger partial charge < -0.3 is 4.74 Å². The Bertz CT molecular complexity index is 250. The lowest BCUT2D eigenvalue weighted by Crippen LogP contribution is -2.35. The first-order chi connectivity index (χ1) is 7.65. The summed E-state index contributed by atoms with van der Waals surface area (Å²) < 4.78 is 4.95. The Labute approximate surface area is 98.5 Å². The van der Waals surface area contributed by atoms with Gasteiger partial charge in [0.15, 0.2) is 0 Å². The van der Waals surface area contributed by atoms with E-state index in [-0.39, 0.29) is 5.97 Å². The van der Waals surface area contributed by atoms with Gasteiger partial charge in [0.25, 0.3) is 0 Å². The van der Waals surface area contributed by atoms with Crippen molar-refractivity contribution in [3.8, 4) is 0 Å². The van der Waals surface area contributed by atoms with Crippen molar-refractivity contribution in [1.29, 1.82) is 0 Å². The van der Waals surface area contributed by atoms with Gasteiger partial charge in [-0.05, 0) is 33.2 Å². The van der Waals surface area contributed by atoms with Gasteiger partial charge in [0, 0.05) is 18.2 Å². The number of carbonyl (C=O) groups is 1. The Morgan fingerprint density at radius 2 is 2.19 bits per heavy atom. The highest BCUT2D eigenvalue weighted by atomic mass is 16.5. The maximum Gasteiger partial charge on any atom is 0.334 e. The zero-order valence-corrected chi connectivity index (χ0v) is 10.5. The summed E-state index contributed by atoms with van der Waals surface area (Å²) in [5, 5.41) is 0. The molecule has 0 radical (unpaired) electrons. The van der Waals surface area contributed by atoms with Crippen LogP contribution >= 0.6 is 0 Å². The molecule has 0 saturated carbocycles. The summed E-state index contributed by atoms with van der Waals surface area (Å²) in [6, 6.07) is 0.550. The maximum absolute atomic E-state index is 11.5. The Balaban J connectivity index is 2.44. The molecule has 1 aliphatic heterocycles. The molecule has 0 aliphatic carbocycles. The fourth-order valence-electron chi connectivity index (χ4n) is 2.11. The van der Waals surface area contributed by atoms with Crippen LogP contribution in [0.25, 0.3) is 0 Å². The van der Waals surface area contributed by atoms with Crippen LogP contribution in [0, 0.1) is 0 Å². The van der Waals surface area contributed by atoms with Crippen LogP contribution < -0.4 is 0 Å². The van der Waals surface area contributed by atoms with Gasteiger partial charge in [0.05, 0.1) is 6.61 Å². The Morgan fingerprint density at radius 3 is 2.88 bits per heavy atom. The van der Waals surface area contributed by atoms with Crippen LogP contribution in [0.3, 0.4) is 0 Å². The van der Waals surface area contributed by atoms with Crippen molar-refractivity contribution in [2.45, 2.75) is 45.6 Å². The second kappa shape index (κ2) is 6.69. The third-order valence-electron chi connectivity index (χ3n) is 3.15. The first-order valence-corrected chi connectivity index (χ1v) is 6.24. The van der Waals surface area contributed by atoms with E-state index < -0.39 is 0 Å². The van der Waals surface area contributed by atoms with E-state index in [4.69, 9.17) is 4.74 Å². The molecular formula is C13H23NO2. The predicted molar refractivity (Wildman–Crippen MR) is 65.3 cm³/mol. The van der Waals surface area contributed by atoms with Crippen LogP contribution in [0.2, 0.25) is 0 Å². The molecule has 3 heteroatoms. The molecule has 1 atom stereocenters. The number of hydrogen-bond acceptors (Lipinski definition) is 3. The molecule has 1 fully saturated rings. The number of rotatable bonds is 4. The Hall–Kier alpha value is -0.830. The van der Waals surface area contributed by atoms with Crippen molar-refractivity contribution in [2.24, 2.45) is 0 Å². The molecule has 0 aromatic heterocycles. The molecule has 1 rings (SSSR count). The zero-order chi connectivity index (χ0) is 12.0. The van der Waals surface area contributed by atoms with Crippen molar-refractivity contribution in [1.82, 2.24) is 4.90 Å². The number of hydrogen-bond donors (Lipinski definition) is 0. The van der Waals surface area contributed by atoms with E-state index in [1.54, 1.807) is 0 Å². The summed E-state index contributed by atoms with van der Waals surface area (Å²) in [5.74, 6) is -0.251. The smallest absolute Gasteiger partial charge is 0.334 e. The van der Waals surface area contributed by atoms with Crippen LogP contribution in [0.4, 0.5) is 0 Å². The highest BCUT2D eigenvalue weighted by Crippen LogP contribution is 2.17. The van der Waals surface area contributed by atoms with E-state index >= 15 is 0 Å². The molecule has 1 heterocycles. The maximum atomic E-state index is 11.5. The Morgan fingerprint density at radius 1 is 1.44 bits per heavy atom. The minimum Gasteiger partial charge on any atom is -0.463 e. The van der Waals surface area contributed by atoms with E-state index in [0.29, 0.717) is 24.8 Å². The number of ether oxygens (including phenoxy) is 1. The molecule has 0 amide bonds. The van der Waals surface area contributed by atoms with Crippen LogP contribution in [0.1, 0.15) is 39.5 Å². The lowest BCUT2D eigenvalue weighted by molar-refractivity contribution is -0.138. The van der Waals surface area contributed by atoms with E-state index in [1.165, 1.54) is 25.7 Å². The zero-order valence-electron chi connectivity index (χ0n) is 10.5. The number of likely N-dealkylation sites (tertiary alicyclic amines) is 1. The third-order valence-corrected chi connectivity index (χ3v) is 3.15. The summed E-state index contributed by atoms with van der Waals surface area (Å²) >= 11 is 0. The highest BCUT2D eigenvalue weighted by Gasteiger charge is 2.19. The summed E-state index contributed by atoms with van der Waals surface area (Å²) in [7, 11) is 0. The van der Waals surface area contributed by atoms with Gasteiger partial charge in [-0.15, -0.1) is 0 Å². The molecule has 0 N–H and O–H groups in total. The fraction of sp³-hybridized carbons (Fsp3) is 0.769. The van der Waals surface area contributed by atoms with Crippen molar-refractivity contribution in [2.75, 3.05) is 19.7 Å². The first-order valence-electron chi connectivity index (χ1n) is 6.24. The van der Waals surface area contributed by atoms with E-state index in [1.807, 2.05) is 6.92 Å². The molecular weight excluding hydrogens is 202 g/mol. The summed E-state index contributed by atoms with van der Waals surface area (Å²) in [6.45, 7) is 10.0. The minimum atomic E-state index is -0.251. The van der Waals surface area contributed by atoms with Crippen LogP contribution in [0.15, 0.2) is 12.2 Å². The quantitative estimate of drug-likeness (QED) is 0.543. The molecule has 0 aromatic rings. The minimum absolute atomic E-state index is 0.251. The average Bonchev–Trinajstić information content (AvgIpc) is 2.45.